The Morgan fingerprint density at radius 1 is 1.09 bits per heavy atom. The number of sulfonamides is 1. The van der Waals surface area contributed by atoms with Gasteiger partial charge in [0.05, 0.1) is 4.90 Å². The van der Waals surface area contributed by atoms with Crippen LogP contribution in [0.2, 0.25) is 0 Å². The first-order valence-electron chi connectivity index (χ1n) is 7.57. The van der Waals surface area contributed by atoms with Gasteiger partial charge in [0.25, 0.3) is 0 Å². The van der Waals surface area contributed by atoms with Crippen LogP contribution in [0, 0.1) is 0 Å². The molecule has 1 unspecified atom stereocenters. The number of nitrogens with zero attached hydrogens (tertiary/aromatic N) is 1. The third-order valence-corrected chi connectivity index (χ3v) is 6.03. The summed E-state index contributed by atoms with van der Waals surface area (Å²) in [6, 6.07) is 16.9. The summed E-state index contributed by atoms with van der Waals surface area (Å²) in [5.74, 6) is 0. The van der Waals surface area contributed by atoms with E-state index in [4.69, 9.17) is 0 Å². The molecule has 0 spiro atoms. The zero-order valence-corrected chi connectivity index (χ0v) is 15.1. The molecule has 1 aliphatic heterocycles. The van der Waals surface area contributed by atoms with Crippen molar-refractivity contribution in [2.24, 2.45) is 0 Å². The van der Waals surface area contributed by atoms with Gasteiger partial charge in [0.2, 0.25) is 10.0 Å². The topological polar surface area (TPSA) is 49.4 Å². The van der Waals surface area contributed by atoms with E-state index in [1.54, 1.807) is 24.3 Å². The molecule has 4 nitrogen and oxygen atoms in total. The number of likely N-dealkylation sites (tertiary alicyclic amines) is 1. The Labute approximate surface area is 145 Å². The molecule has 0 saturated carbocycles. The first kappa shape index (κ1) is 16.6. The summed E-state index contributed by atoms with van der Waals surface area (Å²) in [6.45, 7) is 2.50. The molecule has 1 saturated heterocycles. The van der Waals surface area contributed by atoms with Crippen LogP contribution in [0.5, 0.6) is 0 Å². The van der Waals surface area contributed by atoms with Crippen LogP contribution >= 0.6 is 15.9 Å². The van der Waals surface area contributed by atoms with E-state index in [-0.39, 0.29) is 6.04 Å². The van der Waals surface area contributed by atoms with Crippen molar-refractivity contribution >= 4 is 26.0 Å². The second-order valence-electron chi connectivity index (χ2n) is 5.78. The fourth-order valence-electron chi connectivity index (χ4n) is 2.82. The van der Waals surface area contributed by atoms with Crippen molar-refractivity contribution in [2.75, 3.05) is 13.1 Å². The molecule has 6 heteroatoms. The highest BCUT2D eigenvalue weighted by Gasteiger charge is 2.27. The van der Waals surface area contributed by atoms with Crippen molar-refractivity contribution < 1.29 is 8.42 Å². The molecule has 1 aliphatic rings. The smallest absolute Gasteiger partial charge is 0.240 e. The largest absolute Gasteiger partial charge is 0.297 e. The molecule has 23 heavy (non-hydrogen) atoms. The first-order valence-corrected chi connectivity index (χ1v) is 9.85. The molecule has 0 bridgehead atoms. The van der Waals surface area contributed by atoms with Crippen molar-refractivity contribution in [3.8, 4) is 0 Å². The minimum atomic E-state index is -3.45. The van der Waals surface area contributed by atoms with E-state index < -0.39 is 10.0 Å². The van der Waals surface area contributed by atoms with Gasteiger partial charge in [0.15, 0.2) is 0 Å². The summed E-state index contributed by atoms with van der Waals surface area (Å²) < 4.78 is 28.5. The SMILES string of the molecule is O=S(=O)(NC1CCN(Cc2ccccc2)C1)c1ccc(Br)cc1. The molecule has 3 rings (SSSR count). The Balaban J connectivity index is 1.60. The van der Waals surface area contributed by atoms with Gasteiger partial charge < -0.3 is 0 Å². The molecule has 0 amide bonds. The average Bonchev–Trinajstić information content (AvgIpc) is 2.95. The van der Waals surface area contributed by atoms with Gasteiger partial charge in [-0.2, -0.15) is 0 Å². The minimum Gasteiger partial charge on any atom is -0.297 e. The number of nitrogens with one attached hydrogen (secondary N) is 1. The zero-order valence-electron chi connectivity index (χ0n) is 12.7. The fraction of sp³-hybridized carbons (Fsp3) is 0.294. The molecule has 2 aromatic carbocycles. The van der Waals surface area contributed by atoms with Gasteiger partial charge in [-0.15, -0.1) is 0 Å². The Kier molecular flexibility index (Phi) is 5.16. The van der Waals surface area contributed by atoms with E-state index in [0.29, 0.717) is 4.90 Å². The fourth-order valence-corrected chi connectivity index (χ4v) is 4.34. The van der Waals surface area contributed by atoms with Crippen LogP contribution in [0.25, 0.3) is 0 Å². The lowest BCUT2D eigenvalue weighted by atomic mass is 10.2. The molecule has 0 radical (unpaired) electrons. The van der Waals surface area contributed by atoms with Crippen LogP contribution < -0.4 is 4.72 Å². The maximum Gasteiger partial charge on any atom is 0.240 e. The van der Waals surface area contributed by atoms with Gasteiger partial charge in [0.1, 0.15) is 0 Å². The van der Waals surface area contributed by atoms with Crippen molar-refractivity contribution in [3.05, 3.63) is 64.6 Å². The van der Waals surface area contributed by atoms with Crippen LogP contribution in [0.1, 0.15) is 12.0 Å². The van der Waals surface area contributed by atoms with Gasteiger partial charge in [-0.05, 0) is 36.2 Å². The Bertz CT molecular complexity index is 748. The van der Waals surface area contributed by atoms with E-state index in [1.165, 1.54) is 5.56 Å². The van der Waals surface area contributed by atoms with Crippen LogP contribution in [0.4, 0.5) is 0 Å². The predicted octanol–water partition coefficient (Wildman–Crippen LogP) is 3.00. The Morgan fingerprint density at radius 2 is 1.78 bits per heavy atom. The maximum atomic E-state index is 12.4. The second-order valence-corrected chi connectivity index (χ2v) is 8.41. The molecule has 1 N–H and O–H groups in total. The summed E-state index contributed by atoms with van der Waals surface area (Å²) in [5, 5.41) is 0. The molecular formula is C17H19BrN2O2S. The monoisotopic (exact) mass is 394 g/mol. The number of hydrogen-bond acceptors (Lipinski definition) is 3. The van der Waals surface area contributed by atoms with Gasteiger partial charge >= 0.3 is 0 Å². The summed E-state index contributed by atoms with van der Waals surface area (Å²) in [5.41, 5.74) is 1.25. The van der Waals surface area contributed by atoms with Crippen molar-refractivity contribution in [1.82, 2.24) is 9.62 Å². The molecule has 1 heterocycles. The number of benzene rings is 2. The lowest BCUT2D eigenvalue weighted by molar-refractivity contribution is 0.324. The zero-order chi connectivity index (χ0) is 16.3. The summed E-state index contributed by atoms with van der Waals surface area (Å²) >= 11 is 3.32. The normalized spacial score (nSPS) is 19.1. The summed E-state index contributed by atoms with van der Waals surface area (Å²) in [6.07, 6.45) is 0.836. The van der Waals surface area contributed by atoms with Crippen molar-refractivity contribution in [2.45, 2.75) is 23.9 Å². The number of hydrogen-bond donors (Lipinski definition) is 1. The predicted molar refractivity (Wildman–Crippen MR) is 94.6 cm³/mol. The standard InChI is InChI=1S/C17H19BrN2O2S/c18-15-6-8-17(9-7-15)23(21,22)19-16-10-11-20(13-16)12-14-4-2-1-3-5-14/h1-9,16,19H,10-13H2. The lowest BCUT2D eigenvalue weighted by Gasteiger charge is -2.17. The van der Waals surface area contributed by atoms with Gasteiger partial charge in [-0.3, -0.25) is 4.90 Å². The maximum absolute atomic E-state index is 12.4. The van der Waals surface area contributed by atoms with Crippen LogP contribution in [-0.4, -0.2) is 32.4 Å². The van der Waals surface area contributed by atoms with Crippen LogP contribution in [-0.2, 0) is 16.6 Å². The minimum absolute atomic E-state index is 0.0349. The third-order valence-electron chi connectivity index (χ3n) is 3.97. The third kappa shape index (κ3) is 4.41. The second kappa shape index (κ2) is 7.13. The number of halogens is 1. The number of rotatable bonds is 5. The molecule has 1 atom stereocenters. The van der Waals surface area contributed by atoms with E-state index in [2.05, 4.69) is 37.7 Å². The molecule has 2 aromatic rings. The summed E-state index contributed by atoms with van der Waals surface area (Å²) in [4.78, 5) is 2.59. The Hall–Kier alpha value is -1.21. The first-order chi connectivity index (χ1) is 11.0. The molecule has 122 valence electrons. The molecule has 0 aliphatic carbocycles. The van der Waals surface area contributed by atoms with Gasteiger partial charge in [-0.25, -0.2) is 13.1 Å². The Morgan fingerprint density at radius 3 is 2.48 bits per heavy atom. The van der Waals surface area contributed by atoms with Gasteiger partial charge in [0, 0.05) is 30.1 Å². The molecule has 1 fully saturated rings. The van der Waals surface area contributed by atoms with Crippen LogP contribution in [0.3, 0.4) is 0 Å². The highest BCUT2D eigenvalue weighted by molar-refractivity contribution is 9.10. The average molecular weight is 395 g/mol. The van der Waals surface area contributed by atoms with E-state index in [9.17, 15) is 8.42 Å². The van der Waals surface area contributed by atoms with E-state index in [1.807, 2.05) is 18.2 Å². The van der Waals surface area contributed by atoms with E-state index >= 15 is 0 Å². The van der Waals surface area contributed by atoms with Crippen molar-refractivity contribution in [3.63, 3.8) is 0 Å². The quantitative estimate of drug-likeness (QED) is 0.847. The van der Waals surface area contributed by atoms with Crippen LogP contribution in [0.15, 0.2) is 64.0 Å². The van der Waals surface area contributed by atoms with Crippen molar-refractivity contribution in [1.29, 1.82) is 0 Å². The summed E-state index contributed by atoms with van der Waals surface area (Å²) in [7, 11) is -3.45. The lowest BCUT2D eigenvalue weighted by Crippen LogP contribution is -2.36. The molecule has 0 aromatic heterocycles. The highest BCUT2D eigenvalue weighted by Crippen LogP contribution is 2.18. The molecular weight excluding hydrogens is 376 g/mol. The highest BCUT2D eigenvalue weighted by atomic mass is 79.9. The van der Waals surface area contributed by atoms with E-state index in [0.717, 1.165) is 30.5 Å². The van der Waals surface area contributed by atoms with Gasteiger partial charge in [-0.1, -0.05) is 46.3 Å².